The molecule has 0 aromatic heterocycles. The first-order valence-corrected chi connectivity index (χ1v) is 13.0. The van der Waals surface area contributed by atoms with Crippen LogP contribution >= 0.6 is 23.4 Å². The first kappa shape index (κ1) is 28.8. The average molecular weight is 528 g/mol. The molecule has 35 heavy (non-hydrogen) atoms. The van der Waals surface area contributed by atoms with Crippen LogP contribution in [0, 0.1) is 5.82 Å². The number of anilines is 1. The molecule has 10 heteroatoms. The van der Waals surface area contributed by atoms with Crippen LogP contribution in [0.3, 0.4) is 0 Å². The van der Waals surface area contributed by atoms with E-state index in [-0.39, 0.29) is 47.9 Å². The molecule has 0 fully saturated rings. The molecule has 0 saturated carbocycles. The summed E-state index contributed by atoms with van der Waals surface area (Å²) in [4.78, 5) is 52.2. The molecule has 0 N–H and O–H groups in total. The quantitative estimate of drug-likeness (QED) is 0.288. The molecule has 2 amide bonds. The average Bonchev–Trinajstić information content (AvgIpc) is 2.84. The third-order valence-electron chi connectivity index (χ3n) is 5.33. The Hall–Kier alpha value is -2.39. The Morgan fingerprint density at radius 1 is 1.09 bits per heavy atom. The molecular weight excluding hydrogens is 497 g/mol. The third-order valence-corrected chi connectivity index (χ3v) is 6.89. The van der Waals surface area contributed by atoms with E-state index in [1.807, 2.05) is 6.92 Å². The number of hydrogen-bond donors (Lipinski definition) is 0. The van der Waals surface area contributed by atoms with Gasteiger partial charge in [-0.05, 0) is 58.1 Å². The largest absolute Gasteiger partial charge is 0.465 e. The fourth-order valence-corrected chi connectivity index (χ4v) is 4.76. The van der Waals surface area contributed by atoms with Crippen LogP contribution in [0.4, 0.5) is 10.1 Å². The fraction of sp³-hybridized carbons (Fsp3) is 0.520. The summed E-state index contributed by atoms with van der Waals surface area (Å²) in [6.45, 7) is 7.14. The number of rotatable bonds is 10. The molecule has 7 nitrogen and oxygen atoms in total. The minimum atomic E-state index is -0.871. The van der Waals surface area contributed by atoms with E-state index >= 15 is 4.39 Å². The van der Waals surface area contributed by atoms with Crippen molar-refractivity contribution in [2.24, 2.45) is 0 Å². The van der Waals surface area contributed by atoms with Gasteiger partial charge in [0.1, 0.15) is 11.1 Å². The van der Waals surface area contributed by atoms with Crippen molar-refractivity contribution in [1.29, 1.82) is 0 Å². The minimum absolute atomic E-state index is 0.0319. The Kier molecular flexibility index (Phi) is 11.2. The van der Waals surface area contributed by atoms with Gasteiger partial charge in [-0.1, -0.05) is 25.4 Å². The molecule has 1 unspecified atom stereocenters. The number of thioether (sulfide) groups is 1. The van der Waals surface area contributed by atoms with Crippen LogP contribution in [0.5, 0.6) is 0 Å². The second-order valence-electron chi connectivity index (χ2n) is 7.93. The van der Waals surface area contributed by atoms with E-state index in [9.17, 15) is 19.2 Å². The third kappa shape index (κ3) is 7.30. The van der Waals surface area contributed by atoms with Gasteiger partial charge in [0.15, 0.2) is 0 Å². The second-order valence-corrected chi connectivity index (χ2v) is 9.72. The maximum Gasteiger partial charge on any atom is 0.334 e. The lowest BCUT2D eigenvalue weighted by Crippen LogP contribution is -2.39. The highest BCUT2D eigenvalue weighted by Crippen LogP contribution is 2.37. The van der Waals surface area contributed by atoms with Gasteiger partial charge in [0.2, 0.25) is 5.91 Å². The SMILES string of the molecule is CCCOC(=O)C1=C(C(=O)N(C(=O)CC)c2cc(SC(C)C(=O)OCC)c(Cl)cc2F)CCCC1. The van der Waals surface area contributed by atoms with E-state index < -0.39 is 34.8 Å². The summed E-state index contributed by atoms with van der Waals surface area (Å²) < 4.78 is 25.3. The van der Waals surface area contributed by atoms with Gasteiger partial charge in [-0.15, -0.1) is 11.8 Å². The zero-order valence-corrected chi connectivity index (χ0v) is 22.0. The van der Waals surface area contributed by atoms with Crippen molar-refractivity contribution in [2.75, 3.05) is 18.1 Å². The molecule has 0 saturated heterocycles. The van der Waals surface area contributed by atoms with Gasteiger partial charge >= 0.3 is 11.9 Å². The number of nitrogens with zero attached hydrogens (tertiary/aromatic N) is 1. The van der Waals surface area contributed by atoms with Gasteiger partial charge in [0.25, 0.3) is 5.91 Å². The maximum absolute atomic E-state index is 15.1. The van der Waals surface area contributed by atoms with Crippen LogP contribution in [0.2, 0.25) is 5.02 Å². The van der Waals surface area contributed by atoms with Crippen molar-refractivity contribution in [2.45, 2.75) is 76.4 Å². The van der Waals surface area contributed by atoms with E-state index in [4.69, 9.17) is 21.1 Å². The number of ether oxygens (including phenoxy) is 2. The van der Waals surface area contributed by atoms with Gasteiger partial charge in [-0.25, -0.2) is 14.1 Å². The van der Waals surface area contributed by atoms with E-state index in [0.717, 1.165) is 22.7 Å². The predicted molar refractivity (Wildman–Crippen MR) is 133 cm³/mol. The summed E-state index contributed by atoms with van der Waals surface area (Å²) in [5.41, 5.74) is 0.0928. The van der Waals surface area contributed by atoms with Crippen molar-refractivity contribution >= 4 is 52.8 Å². The lowest BCUT2D eigenvalue weighted by Gasteiger charge is -2.26. The number of esters is 2. The Labute approximate surface area is 214 Å². The second kappa shape index (κ2) is 13.6. The van der Waals surface area contributed by atoms with Gasteiger partial charge in [-0.2, -0.15) is 0 Å². The molecule has 0 radical (unpaired) electrons. The number of benzene rings is 1. The smallest absolute Gasteiger partial charge is 0.334 e. The lowest BCUT2D eigenvalue weighted by molar-refractivity contribution is -0.142. The predicted octanol–water partition coefficient (Wildman–Crippen LogP) is 5.62. The number of hydrogen-bond acceptors (Lipinski definition) is 7. The molecule has 1 aromatic carbocycles. The Morgan fingerprint density at radius 2 is 1.74 bits per heavy atom. The fourth-order valence-electron chi connectivity index (χ4n) is 3.58. The highest BCUT2D eigenvalue weighted by atomic mass is 35.5. The van der Waals surface area contributed by atoms with Gasteiger partial charge in [0, 0.05) is 22.5 Å². The van der Waals surface area contributed by atoms with Crippen LogP contribution in [0.25, 0.3) is 0 Å². The Morgan fingerprint density at radius 3 is 2.34 bits per heavy atom. The molecule has 0 aliphatic heterocycles. The Bertz CT molecular complexity index is 1010. The van der Waals surface area contributed by atoms with Crippen molar-refractivity contribution in [3.63, 3.8) is 0 Å². The lowest BCUT2D eigenvalue weighted by atomic mass is 9.90. The molecule has 0 heterocycles. The zero-order chi connectivity index (χ0) is 26.1. The number of carbonyl (C=O) groups excluding carboxylic acids is 4. The Balaban J connectivity index is 2.53. The summed E-state index contributed by atoms with van der Waals surface area (Å²) >= 11 is 7.25. The van der Waals surface area contributed by atoms with Crippen molar-refractivity contribution in [3.8, 4) is 0 Å². The minimum Gasteiger partial charge on any atom is -0.465 e. The molecule has 192 valence electrons. The number of amides is 2. The first-order valence-electron chi connectivity index (χ1n) is 11.7. The van der Waals surface area contributed by atoms with Gasteiger partial charge in [0.05, 0.1) is 23.9 Å². The standard InChI is InChI=1S/C25H31ClFNO6S/c1-5-12-34-25(32)17-11-9-8-10-16(17)23(30)28(22(29)6-2)20-14-21(18(26)13-19(20)27)35-15(4)24(31)33-7-3/h13-15H,5-12H2,1-4H3. The van der Waals surface area contributed by atoms with Crippen LogP contribution < -0.4 is 4.90 Å². The van der Waals surface area contributed by atoms with Crippen molar-refractivity contribution in [3.05, 3.63) is 34.1 Å². The van der Waals surface area contributed by atoms with E-state index in [1.54, 1.807) is 20.8 Å². The van der Waals surface area contributed by atoms with Crippen LogP contribution in [0.1, 0.15) is 66.2 Å². The summed E-state index contributed by atoms with van der Waals surface area (Å²) in [6.07, 6.45) is 2.54. The van der Waals surface area contributed by atoms with Crippen molar-refractivity contribution in [1.82, 2.24) is 0 Å². The van der Waals surface area contributed by atoms with Crippen LogP contribution in [-0.4, -0.2) is 42.2 Å². The van der Waals surface area contributed by atoms with E-state index in [1.165, 1.54) is 6.07 Å². The maximum atomic E-state index is 15.1. The van der Waals surface area contributed by atoms with Gasteiger partial charge in [-0.3, -0.25) is 14.4 Å². The molecule has 0 bridgehead atoms. The molecule has 1 aromatic rings. The number of imide groups is 1. The number of carbonyl (C=O) groups is 4. The van der Waals surface area contributed by atoms with Crippen LogP contribution in [-0.2, 0) is 28.7 Å². The number of halogens is 2. The summed E-state index contributed by atoms with van der Waals surface area (Å²) in [6, 6.07) is 2.29. The van der Waals surface area contributed by atoms with Crippen molar-refractivity contribution < 1.29 is 33.0 Å². The highest BCUT2D eigenvalue weighted by molar-refractivity contribution is 8.00. The zero-order valence-electron chi connectivity index (χ0n) is 20.4. The van der Waals surface area contributed by atoms with Crippen LogP contribution in [0.15, 0.2) is 28.2 Å². The molecule has 1 atom stereocenters. The summed E-state index contributed by atoms with van der Waals surface area (Å²) in [5.74, 6) is -3.32. The summed E-state index contributed by atoms with van der Waals surface area (Å²) in [5, 5.41) is -0.623. The first-order chi connectivity index (χ1) is 16.7. The normalized spacial score (nSPS) is 14.3. The van der Waals surface area contributed by atoms with E-state index in [2.05, 4.69) is 0 Å². The van der Waals surface area contributed by atoms with Gasteiger partial charge < -0.3 is 9.47 Å². The molecule has 1 aliphatic rings. The molecule has 2 rings (SSSR count). The molecule has 0 spiro atoms. The van der Waals surface area contributed by atoms with E-state index in [0.29, 0.717) is 30.6 Å². The molecule has 1 aliphatic carbocycles. The highest BCUT2D eigenvalue weighted by Gasteiger charge is 2.33. The monoisotopic (exact) mass is 527 g/mol. The summed E-state index contributed by atoms with van der Waals surface area (Å²) in [7, 11) is 0. The molecular formula is C25H31ClFNO6S. The topological polar surface area (TPSA) is 90.0 Å².